The second-order valence-corrected chi connectivity index (χ2v) is 6.95. The minimum Gasteiger partial charge on any atom is -0.373 e. The zero-order valence-electron chi connectivity index (χ0n) is 12.8. The average Bonchev–Trinajstić information content (AvgIpc) is 3.11. The average molecular weight is 306 g/mol. The number of aromatic nitrogens is 3. The molecule has 0 spiro atoms. The van der Waals surface area contributed by atoms with Gasteiger partial charge in [0.05, 0.1) is 23.0 Å². The van der Waals surface area contributed by atoms with Gasteiger partial charge in [-0.25, -0.2) is 4.98 Å². The monoisotopic (exact) mass is 306 g/mol. The molecule has 1 aliphatic heterocycles. The number of ether oxygens (including phenoxy) is 1. The lowest BCUT2D eigenvalue weighted by molar-refractivity contribution is 0.0904. The van der Waals surface area contributed by atoms with Crippen LogP contribution in [0.1, 0.15) is 33.7 Å². The van der Waals surface area contributed by atoms with Crippen LogP contribution in [0.15, 0.2) is 12.4 Å². The summed E-state index contributed by atoms with van der Waals surface area (Å²) in [5.41, 5.74) is 2.34. The van der Waals surface area contributed by atoms with Crippen molar-refractivity contribution < 1.29 is 4.74 Å². The molecule has 0 saturated carbocycles. The van der Waals surface area contributed by atoms with Crippen LogP contribution in [0.4, 0.5) is 0 Å². The van der Waals surface area contributed by atoms with Gasteiger partial charge in [0.1, 0.15) is 0 Å². The Morgan fingerprint density at radius 1 is 1.48 bits per heavy atom. The smallest absolute Gasteiger partial charge is 0.0900 e. The first-order chi connectivity index (χ1) is 10.1. The molecule has 2 aromatic rings. The zero-order valence-corrected chi connectivity index (χ0v) is 13.6. The molecule has 0 aliphatic carbocycles. The summed E-state index contributed by atoms with van der Waals surface area (Å²) in [5.74, 6) is 0.517. The molecular weight excluding hydrogens is 284 g/mol. The number of nitrogens with one attached hydrogen (secondary N) is 1. The lowest BCUT2D eigenvalue weighted by Crippen LogP contribution is -2.24. The molecule has 1 N–H and O–H groups in total. The van der Waals surface area contributed by atoms with Crippen LogP contribution < -0.4 is 5.32 Å². The van der Waals surface area contributed by atoms with E-state index in [-0.39, 0.29) is 6.10 Å². The van der Waals surface area contributed by atoms with E-state index >= 15 is 0 Å². The number of thiazole rings is 1. The van der Waals surface area contributed by atoms with E-state index in [4.69, 9.17) is 4.74 Å². The fourth-order valence-electron chi connectivity index (χ4n) is 2.91. The van der Waals surface area contributed by atoms with Gasteiger partial charge in [0.2, 0.25) is 0 Å². The summed E-state index contributed by atoms with van der Waals surface area (Å²) in [4.78, 5) is 5.81. The lowest BCUT2D eigenvalue weighted by atomic mass is 9.97. The van der Waals surface area contributed by atoms with Crippen molar-refractivity contribution in [1.82, 2.24) is 20.1 Å². The van der Waals surface area contributed by atoms with Crippen molar-refractivity contribution in [2.24, 2.45) is 13.0 Å². The van der Waals surface area contributed by atoms with Crippen molar-refractivity contribution >= 4 is 11.3 Å². The maximum Gasteiger partial charge on any atom is 0.0900 e. The maximum atomic E-state index is 5.89. The SMILES string of the molecule is Cc1nc(C)c(CNCC2CCOC2c2cnn(C)c2)s1. The molecule has 3 heterocycles. The normalized spacial score (nSPS) is 22.0. The van der Waals surface area contributed by atoms with Crippen molar-refractivity contribution in [3.63, 3.8) is 0 Å². The van der Waals surface area contributed by atoms with Gasteiger partial charge < -0.3 is 10.1 Å². The van der Waals surface area contributed by atoms with Crippen LogP contribution >= 0.6 is 11.3 Å². The third kappa shape index (κ3) is 3.33. The second-order valence-electron chi connectivity index (χ2n) is 5.66. The molecule has 21 heavy (non-hydrogen) atoms. The van der Waals surface area contributed by atoms with Crippen LogP contribution in [0, 0.1) is 19.8 Å². The fraction of sp³-hybridized carbons (Fsp3) is 0.600. The van der Waals surface area contributed by atoms with Crippen molar-refractivity contribution in [1.29, 1.82) is 0 Å². The van der Waals surface area contributed by atoms with E-state index in [0.717, 1.165) is 36.8 Å². The summed E-state index contributed by atoms with van der Waals surface area (Å²) in [6, 6.07) is 0. The van der Waals surface area contributed by atoms with Gasteiger partial charge in [-0.05, 0) is 20.3 Å². The first-order valence-corrected chi connectivity index (χ1v) is 8.19. The first-order valence-electron chi connectivity index (χ1n) is 7.37. The Morgan fingerprint density at radius 2 is 2.33 bits per heavy atom. The Labute approximate surface area is 129 Å². The van der Waals surface area contributed by atoms with Crippen LogP contribution in [0.25, 0.3) is 0 Å². The molecule has 2 atom stereocenters. The molecule has 0 amide bonds. The van der Waals surface area contributed by atoms with Gasteiger partial charge in [0, 0.05) is 49.3 Å². The maximum absolute atomic E-state index is 5.89. The molecule has 2 unspecified atom stereocenters. The number of hydrogen-bond acceptors (Lipinski definition) is 5. The van der Waals surface area contributed by atoms with Crippen molar-refractivity contribution in [2.45, 2.75) is 32.9 Å². The van der Waals surface area contributed by atoms with Gasteiger partial charge in [0.15, 0.2) is 0 Å². The Morgan fingerprint density at radius 3 is 3.00 bits per heavy atom. The molecular formula is C15H22N4OS. The molecule has 1 fully saturated rings. The Balaban J connectivity index is 1.56. The fourth-order valence-corrected chi connectivity index (χ4v) is 3.81. The topological polar surface area (TPSA) is 52.0 Å². The van der Waals surface area contributed by atoms with Gasteiger partial charge in [-0.3, -0.25) is 4.68 Å². The number of rotatable bonds is 5. The molecule has 5 nitrogen and oxygen atoms in total. The zero-order chi connectivity index (χ0) is 14.8. The van der Waals surface area contributed by atoms with Crippen LogP contribution in [0.3, 0.4) is 0 Å². The molecule has 3 rings (SSSR count). The molecule has 0 radical (unpaired) electrons. The van der Waals surface area contributed by atoms with Gasteiger partial charge >= 0.3 is 0 Å². The first kappa shape index (κ1) is 14.7. The van der Waals surface area contributed by atoms with Gasteiger partial charge in [-0.15, -0.1) is 11.3 Å². The summed E-state index contributed by atoms with van der Waals surface area (Å²) >= 11 is 1.78. The van der Waals surface area contributed by atoms with E-state index in [2.05, 4.69) is 35.4 Å². The van der Waals surface area contributed by atoms with Crippen molar-refractivity contribution in [3.8, 4) is 0 Å². The molecule has 114 valence electrons. The van der Waals surface area contributed by atoms with Gasteiger partial charge in [-0.2, -0.15) is 5.10 Å². The van der Waals surface area contributed by atoms with Crippen LogP contribution in [-0.4, -0.2) is 27.9 Å². The van der Waals surface area contributed by atoms with E-state index in [1.165, 1.54) is 10.4 Å². The van der Waals surface area contributed by atoms with Crippen molar-refractivity contribution in [2.75, 3.05) is 13.2 Å². The molecule has 6 heteroatoms. The quantitative estimate of drug-likeness (QED) is 0.921. The van der Waals surface area contributed by atoms with E-state index in [0.29, 0.717) is 5.92 Å². The third-order valence-electron chi connectivity index (χ3n) is 3.96. The highest BCUT2D eigenvalue weighted by Crippen LogP contribution is 2.33. The lowest BCUT2D eigenvalue weighted by Gasteiger charge is -2.17. The largest absolute Gasteiger partial charge is 0.373 e. The summed E-state index contributed by atoms with van der Waals surface area (Å²) < 4.78 is 7.73. The Kier molecular flexibility index (Phi) is 4.37. The predicted molar refractivity (Wildman–Crippen MR) is 83.3 cm³/mol. The molecule has 0 bridgehead atoms. The highest BCUT2D eigenvalue weighted by molar-refractivity contribution is 7.11. The predicted octanol–water partition coefficient (Wildman–Crippen LogP) is 2.36. The van der Waals surface area contributed by atoms with Gasteiger partial charge in [0.25, 0.3) is 0 Å². The molecule has 1 saturated heterocycles. The summed E-state index contributed by atoms with van der Waals surface area (Å²) in [6.45, 7) is 6.84. The highest BCUT2D eigenvalue weighted by Gasteiger charge is 2.30. The summed E-state index contributed by atoms with van der Waals surface area (Å²) in [7, 11) is 1.95. The third-order valence-corrected chi connectivity index (χ3v) is 5.03. The van der Waals surface area contributed by atoms with Crippen LogP contribution in [0.2, 0.25) is 0 Å². The van der Waals surface area contributed by atoms with Crippen LogP contribution in [-0.2, 0) is 18.3 Å². The number of aryl methyl sites for hydroxylation is 3. The summed E-state index contributed by atoms with van der Waals surface area (Å²) in [5, 5.41) is 8.96. The van der Waals surface area contributed by atoms with Gasteiger partial charge in [-0.1, -0.05) is 0 Å². The molecule has 2 aromatic heterocycles. The Bertz CT molecular complexity index is 607. The van der Waals surface area contributed by atoms with E-state index in [9.17, 15) is 0 Å². The van der Waals surface area contributed by atoms with E-state index in [1.807, 2.05) is 17.9 Å². The number of hydrogen-bond donors (Lipinski definition) is 1. The minimum absolute atomic E-state index is 0.176. The molecule has 1 aliphatic rings. The standard InChI is InChI=1S/C15H22N4OS/c1-10-14(21-11(2)18-10)8-16-6-12-4-5-20-15(12)13-7-17-19(3)9-13/h7,9,12,15-16H,4-6,8H2,1-3H3. The van der Waals surface area contributed by atoms with E-state index < -0.39 is 0 Å². The highest BCUT2D eigenvalue weighted by atomic mass is 32.1. The van der Waals surface area contributed by atoms with Crippen molar-refractivity contribution in [3.05, 3.63) is 33.5 Å². The Hall–Kier alpha value is -1.24. The second kappa shape index (κ2) is 6.25. The minimum atomic E-state index is 0.176. The summed E-state index contributed by atoms with van der Waals surface area (Å²) in [6.07, 6.45) is 5.25. The molecule has 0 aromatic carbocycles. The number of nitrogens with zero attached hydrogens (tertiary/aromatic N) is 3. The van der Waals surface area contributed by atoms with E-state index in [1.54, 1.807) is 11.3 Å². The van der Waals surface area contributed by atoms with Crippen LogP contribution in [0.5, 0.6) is 0 Å².